The van der Waals surface area contributed by atoms with Gasteiger partial charge in [-0.25, -0.2) is 0 Å². The molecule has 4 heteroatoms. The van der Waals surface area contributed by atoms with E-state index in [-0.39, 0.29) is 0 Å². The third-order valence-corrected chi connectivity index (χ3v) is 2.31. The molecule has 3 nitrogen and oxygen atoms in total. The van der Waals surface area contributed by atoms with Crippen LogP contribution in [-0.2, 0) is 6.54 Å². The second-order valence-electron chi connectivity index (χ2n) is 3.08. The maximum atomic E-state index is 5.89. The number of pyridine rings is 1. The molecular weight excluding hydrogens is 198 g/mol. The fourth-order valence-corrected chi connectivity index (χ4v) is 1.38. The summed E-state index contributed by atoms with van der Waals surface area (Å²) in [6.07, 6.45) is 3.58. The van der Waals surface area contributed by atoms with Crippen molar-refractivity contribution in [1.29, 1.82) is 0 Å². The average Bonchev–Trinajstić information content (AvgIpc) is 2.47. The zero-order valence-electron chi connectivity index (χ0n) is 7.81. The Morgan fingerprint density at radius 3 is 2.86 bits per heavy atom. The fourth-order valence-electron chi connectivity index (χ4n) is 1.23. The van der Waals surface area contributed by atoms with Crippen molar-refractivity contribution >= 4 is 11.6 Å². The Labute approximate surface area is 87.3 Å². The summed E-state index contributed by atoms with van der Waals surface area (Å²) in [5.74, 6) is 0. The van der Waals surface area contributed by atoms with Gasteiger partial charge in [0.05, 0.1) is 23.0 Å². The van der Waals surface area contributed by atoms with E-state index < -0.39 is 0 Å². The van der Waals surface area contributed by atoms with Crippen LogP contribution in [0.2, 0.25) is 5.02 Å². The quantitative estimate of drug-likeness (QED) is 0.757. The van der Waals surface area contributed by atoms with Crippen molar-refractivity contribution in [3.8, 4) is 0 Å². The minimum Gasteiger partial charge on any atom is -0.265 e. The van der Waals surface area contributed by atoms with Gasteiger partial charge in [0.2, 0.25) is 0 Å². The van der Waals surface area contributed by atoms with Crippen molar-refractivity contribution in [2.24, 2.45) is 0 Å². The van der Waals surface area contributed by atoms with E-state index >= 15 is 0 Å². The van der Waals surface area contributed by atoms with Crippen molar-refractivity contribution in [2.45, 2.75) is 13.5 Å². The molecule has 0 atom stereocenters. The Hall–Kier alpha value is -1.35. The van der Waals surface area contributed by atoms with Crippen LogP contribution < -0.4 is 0 Å². The second kappa shape index (κ2) is 3.80. The molecule has 2 aromatic heterocycles. The first-order valence-electron chi connectivity index (χ1n) is 4.35. The highest BCUT2D eigenvalue weighted by molar-refractivity contribution is 6.31. The van der Waals surface area contributed by atoms with Gasteiger partial charge in [-0.15, -0.1) is 0 Å². The van der Waals surface area contributed by atoms with Gasteiger partial charge < -0.3 is 0 Å². The third-order valence-electron chi connectivity index (χ3n) is 1.94. The topological polar surface area (TPSA) is 30.7 Å². The summed E-state index contributed by atoms with van der Waals surface area (Å²) in [6.45, 7) is 2.55. The van der Waals surface area contributed by atoms with Gasteiger partial charge in [0.15, 0.2) is 0 Å². The number of hydrogen-bond acceptors (Lipinski definition) is 2. The first-order chi connectivity index (χ1) is 6.75. The molecule has 0 spiro atoms. The zero-order valence-corrected chi connectivity index (χ0v) is 8.57. The SMILES string of the molecule is Cc1nn(Cc2ccccn2)cc1Cl. The Bertz CT molecular complexity index is 403. The molecule has 2 rings (SSSR count). The lowest BCUT2D eigenvalue weighted by atomic mass is 10.3. The van der Waals surface area contributed by atoms with E-state index in [1.807, 2.05) is 31.3 Å². The van der Waals surface area contributed by atoms with Crippen LogP contribution in [0.3, 0.4) is 0 Å². The predicted molar refractivity (Wildman–Crippen MR) is 55.3 cm³/mol. The van der Waals surface area contributed by atoms with Gasteiger partial charge in [0.1, 0.15) is 0 Å². The number of hydrogen-bond donors (Lipinski definition) is 0. The number of aryl methyl sites for hydroxylation is 1. The van der Waals surface area contributed by atoms with Crippen molar-refractivity contribution < 1.29 is 0 Å². The summed E-state index contributed by atoms with van der Waals surface area (Å²) in [5, 5.41) is 4.95. The van der Waals surface area contributed by atoms with E-state index in [0.717, 1.165) is 11.4 Å². The number of halogens is 1. The third kappa shape index (κ3) is 1.93. The van der Waals surface area contributed by atoms with Gasteiger partial charge in [-0.2, -0.15) is 5.10 Å². The van der Waals surface area contributed by atoms with Crippen LogP contribution in [0.1, 0.15) is 11.4 Å². The molecule has 0 aromatic carbocycles. The second-order valence-corrected chi connectivity index (χ2v) is 3.49. The van der Waals surface area contributed by atoms with E-state index in [9.17, 15) is 0 Å². The van der Waals surface area contributed by atoms with Crippen LogP contribution in [0.4, 0.5) is 0 Å². The lowest BCUT2D eigenvalue weighted by molar-refractivity contribution is 0.666. The predicted octanol–water partition coefficient (Wildman–Crippen LogP) is 2.29. The van der Waals surface area contributed by atoms with Gasteiger partial charge >= 0.3 is 0 Å². The van der Waals surface area contributed by atoms with E-state index in [0.29, 0.717) is 11.6 Å². The highest BCUT2D eigenvalue weighted by atomic mass is 35.5. The Morgan fingerprint density at radius 2 is 2.29 bits per heavy atom. The van der Waals surface area contributed by atoms with Crippen LogP contribution in [0.15, 0.2) is 30.6 Å². The molecule has 0 saturated heterocycles. The number of nitrogens with zero attached hydrogens (tertiary/aromatic N) is 3. The molecule has 0 unspecified atom stereocenters. The van der Waals surface area contributed by atoms with Crippen LogP contribution in [0.25, 0.3) is 0 Å². The molecule has 0 saturated carbocycles. The van der Waals surface area contributed by atoms with Crippen molar-refractivity contribution in [3.05, 3.63) is 47.0 Å². The maximum Gasteiger partial charge on any atom is 0.0831 e. The minimum atomic E-state index is 0.661. The largest absolute Gasteiger partial charge is 0.265 e. The monoisotopic (exact) mass is 207 g/mol. The molecule has 0 aliphatic heterocycles. The van der Waals surface area contributed by atoms with Crippen molar-refractivity contribution in [3.63, 3.8) is 0 Å². The molecule has 14 heavy (non-hydrogen) atoms. The van der Waals surface area contributed by atoms with Crippen LogP contribution in [0, 0.1) is 6.92 Å². The lowest BCUT2D eigenvalue weighted by Crippen LogP contribution is -2.01. The van der Waals surface area contributed by atoms with E-state index in [2.05, 4.69) is 10.1 Å². The molecule has 72 valence electrons. The smallest absolute Gasteiger partial charge is 0.0831 e. The highest BCUT2D eigenvalue weighted by Crippen LogP contribution is 2.12. The number of rotatable bonds is 2. The molecule has 2 heterocycles. The maximum absolute atomic E-state index is 5.89. The Kier molecular flexibility index (Phi) is 2.50. The summed E-state index contributed by atoms with van der Waals surface area (Å²) in [7, 11) is 0. The first kappa shape index (κ1) is 9.21. The van der Waals surface area contributed by atoms with Gasteiger partial charge in [0.25, 0.3) is 0 Å². The zero-order chi connectivity index (χ0) is 9.97. The standard InChI is InChI=1S/C10H10ClN3/c1-8-10(11)7-14(13-8)6-9-4-2-3-5-12-9/h2-5,7H,6H2,1H3. The van der Waals surface area contributed by atoms with E-state index in [4.69, 9.17) is 11.6 Å². The Morgan fingerprint density at radius 1 is 1.43 bits per heavy atom. The van der Waals surface area contributed by atoms with Gasteiger partial charge in [-0.3, -0.25) is 9.67 Å². The first-order valence-corrected chi connectivity index (χ1v) is 4.73. The molecule has 0 fully saturated rings. The van der Waals surface area contributed by atoms with E-state index in [1.165, 1.54) is 0 Å². The molecule has 0 N–H and O–H groups in total. The van der Waals surface area contributed by atoms with Crippen LogP contribution in [0.5, 0.6) is 0 Å². The molecule has 0 aliphatic carbocycles. The fraction of sp³-hybridized carbons (Fsp3) is 0.200. The molecule has 0 aliphatic rings. The average molecular weight is 208 g/mol. The summed E-state index contributed by atoms with van der Waals surface area (Å²) in [4.78, 5) is 4.21. The summed E-state index contributed by atoms with van der Waals surface area (Å²) in [5.41, 5.74) is 1.83. The molecule has 2 aromatic rings. The summed E-state index contributed by atoms with van der Waals surface area (Å²) < 4.78 is 1.79. The minimum absolute atomic E-state index is 0.661. The van der Waals surface area contributed by atoms with Gasteiger partial charge in [0, 0.05) is 12.4 Å². The van der Waals surface area contributed by atoms with Crippen LogP contribution >= 0.6 is 11.6 Å². The summed E-state index contributed by atoms with van der Waals surface area (Å²) in [6, 6.07) is 5.82. The highest BCUT2D eigenvalue weighted by Gasteiger charge is 2.02. The van der Waals surface area contributed by atoms with Crippen molar-refractivity contribution in [1.82, 2.24) is 14.8 Å². The lowest BCUT2D eigenvalue weighted by Gasteiger charge is -1.99. The Balaban J connectivity index is 2.19. The molecular formula is C10H10ClN3. The number of aromatic nitrogens is 3. The van der Waals surface area contributed by atoms with Crippen molar-refractivity contribution in [2.75, 3.05) is 0 Å². The summed E-state index contributed by atoms with van der Waals surface area (Å²) >= 11 is 5.89. The molecule has 0 amide bonds. The van der Waals surface area contributed by atoms with E-state index in [1.54, 1.807) is 10.9 Å². The van der Waals surface area contributed by atoms with Gasteiger partial charge in [-0.1, -0.05) is 17.7 Å². The van der Waals surface area contributed by atoms with Gasteiger partial charge in [-0.05, 0) is 19.1 Å². The molecule has 0 radical (unpaired) electrons. The van der Waals surface area contributed by atoms with Crippen LogP contribution in [-0.4, -0.2) is 14.8 Å². The molecule has 0 bridgehead atoms. The normalized spacial score (nSPS) is 10.4.